The molecule has 1 aromatic carbocycles. The summed E-state index contributed by atoms with van der Waals surface area (Å²) in [6.45, 7) is 3.75. The number of likely N-dealkylation sites (N-methyl/N-ethyl adjacent to an activating group) is 1. The number of nitrogens with zero attached hydrogens (tertiary/aromatic N) is 3. The summed E-state index contributed by atoms with van der Waals surface area (Å²) in [6.07, 6.45) is 1.53. The lowest BCUT2D eigenvalue weighted by molar-refractivity contribution is -0.383. The van der Waals surface area contributed by atoms with Gasteiger partial charge >= 0.3 is 0 Å². The third-order valence-electron chi connectivity index (χ3n) is 3.49. The van der Waals surface area contributed by atoms with Gasteiger partial charge < -0.3 is 10.0 Å². The number of hydrogen-bond acceptors (Lipinski definition) is 5. The average molecular weight is 275 g/mol. The number of aromatic nitrogens is 1. The second kappa shape index (κ2) is 5.42. The summed E-state index contributed by atoms with van der Waals surface area (Å²) >= 11 is 0. The minimum Gasteiger partial charge on any atom is -0.394 e. The predicted molar refractivity (Wildman–Crippen MR) is 78.1 cm³/mol. The van der Waals surface area contributed by atoms with E-state index >= 15 is 0 Å². The summed E-state index contributed by atoms with van der Waals surface area (Å²) in [6, 6.07) is 4.95. The van der Waals surface area contributed by atoms with Crippen molar-refractivity contribution in [2.24, 2.45) is 0 Å². The molecule has 0 radical (unpaired) electrons. The zero-order valence-electron chi connectivity index (χ0n) is 11.7. The van der Waals surface area contributed by atoms with Crippen molar-refractivity contribution >= 4 is 22.1 Å². The van der Waals surface area contributed by atoms with E-state index in [1.165, 1.54) is 12.3 Å². The van der Waals surface area contributed by atoms with Gasteiger partial charge in [-0.05, 0) is 26.0 Å². The molecular formula is C14H17N3O3. The number of fused-ring (bicyclic) bond motifs is 1. The van der Waals surface area contributed by atoms with Gasteiger partial charge in [-0.25, -0.2) is 0 Å². The summed E-state index contributed by atoms with van der Waals surface area (Å²) in [4.78, 5) is 16.7. The lowest BCUT2D eigenvalue weighted by Gasteiger charge is -2.26. The van der Waals surface area contributed by atoms with Crippen LogP contribution in [-0.4, -0.2) is 34.7 Å². The van der Waals surface area contributed by atoms with E-state index in [4.69, 9.17) is 0 Å². The van der Waals surface area contributed by atoms with Crippen LogP contribution in [0.15, 0.2) is 24.4 Å². The number of non-ortho nitro benzene ring substituents is 1. The van der Waals surface area contributed by atoms with E-state index in [0.29, 0.717) is 5.39 Å². The molecule has 1 atom stereocenters. The molecule has 1 heterocycles. The van der Waals surface area contributed by atoms with Gasteiger partial charge in [0.1, 0.15) is 0 Å². The van der Waals surface area contributed by atoms with Crippen LogP contribution in [0, 0.1) is 17.0 Å². The maximum atomic E-state index is 11.1. The molecule has 2 aromatic rings. The number of benzene rings is 1. The molecule has 0 aliphatic carbocycles. The molecule has 2 rings (SSSR count). The van der Waals surface area contributed by atoms with Crippen molar-refractivity contribution in [3.05, 3.63) is 40.2 Å². The summed E-state index contributed by atoms with van der Waals surface area (Å²) in [5.41, 5.74) is 1.68. The van der Waals surface area contributed by atoms with Crippen LogP contribution in [0.2, 0.25) is 0 Å². The van der Waals surface area contributed by atoms with E-state index in [-0.39, 0.29) is 18.3 Å². The van der Waals surface area contributed by atoms with Crippen LogP contribution in [0.5, 0.6) is 0 Å². The van der Waals surface area contributed by atoms with Crippen molar-refractivity contribution in [1.82, 2.24) is 4.98 Å². The van der Waals surface area contributed by atoms with E-state index in [1.54, 1.807) is 6.07 Å². The van der Waals surface area contributed by atoms with Gasteiger partial charge in [-0.3, -0.25) is 15.1 Å². The first-order chi connectivity index (χ1) is 9.45. The van der Waals surface area contributed by atoms with E-state index < -0.39 is 4.92 Å². The summed E-state index contributed by atoms with van der Waals surface area (Å²) in [5, 5.41) is 21.7. The SMILES string of the molecule is Cc1cc2c(N(C)C(C)CO)ccc([N+](=O)[O-])c2cn1. The summed E-state index contributed by atoms with van der Waals surface area (Å²) in [7, 11) is 1.86. The molecule has 0 spiro atoms. The van der Waals surface area contributed by atoms with Crippen molar-refractivity contribution in [3.8, 4) is 0 Å². The molecule has 0 aliphatic heterocycles. The predicted octanol–water partition coefficient (Wildman–Crippen LogP) is 2.27. The van der Waals surface area contributed by atoms with Crippen molar-refractivity contribution in [3.63, 3.8) is 0 Å². The van der Waals surface area contributed by atoms with Crippen LogP contribution in [-0.2, 0) is 0 Å². The summed E-state index contributed by atoms with van der Waals surface area (Å²) < 4.78 is 0. The second-order valence-electron chi connectivity index (χ2n) is 4.87. The standard InChI is InChI=1S/C14H17N3O3/c1-9-6-11-12(7-15-9)14(17(19)20)5-4-13(11)16(3)10(2)8-18/h4-7,10,18H,8H2,1-3H3. The number of nitro benzene ring substituents is 1. The highest BCUT2D eigenvalue weighted by Gasteiger charge is 2.18. The molecule has 1 N–H and O–H groups in total. The van der Waals surface area contributed by atoms with Crippen LogP contribution < -0.4 is 4.90 Å². The highest BCUT2D eigenvalue weighted by Crippen LogP contribution is 2.33. The van der Waals surface area contributed by atoms with Gasteiger partial charge in [0.2, 0.25) is 0 Å². The van der Waals surface area contributed by atoms with Gasteiger partial charge in [0.05, 0.1) is 16.9 Å². The highest BCUT2D eigenvalue weighted by atomic mass is 16.6. The molecule has 0 saturated heterocycles. The number of aliphatic hydroxyl groups is 1. The molecule has 0 fully saturated rings. The number of anilines is 1. The van der Waals surface area contributed by atoms with E-state index in [1.807, 2.05) is 31.9 Å². The first-order valence-electron chi connectivity index (χ1n) is 6.33. The topological polar surface area (TPSA) is 79.5 Å². The maximum Gasteiger partial charge on any atom is 0.278 e. The molecule has 0 aliphatic rings. The van der Waals surface area contributed by atoms with Gasteiger partial charge in [0.25, 0.3) is 5.69 Å². The second-order valence-corrected chi connectivity index (χ2v) is 4.87. The zero-order valence-corrected chi connectivity index (χ0v) is 11.7. The largest absolute Gasteiger partial charge is 0.394 e. The Morgan fingerprint density at radius 3 is 2.75 bits per heavy atom. The van der Waals surface area contributed by atoms with Crippen LogP contribution in [0.3, 0.4) is 0 Å². The molecule has 0 saturated carbocycles. The van der Waals surface area contributed by atoms with E-state index in [0.717, 1.165) is 16.8 Å². The Morgan fingerprint density at radius 2 is 2.15 bits per heavy atom. The maximum absolute atomic E-state index is 11.1. The van der Waals surface area contributed by atoms with Crippen molar-refractivity contribution < 1.29 is 10.0 Å². The van der Waals surface area contributed by atoms with Gasteiger partial charge in [0.15, 0.2) is 0 Å². The summed E-state index contributed by atoms with van der Waals surface area (Å²) in [5.74, 6) is 0. The van der Waals surface area contributed by atoms with Gasteiger partial charge in [-0.2, -0.15) is 0 Å². The molecular weight excluding hydrogens is 258 g/mol. The van der Waals surface area contributed by atoms with E-state index in [2.05, 4.69) is 4.98 Å². The minimum absolute atomic E-state index is 0.0129. The lowest BCUT2D eigenvalue weighted by Crippen LogP contribution is -2.31. The first-order valence-corrected chi connectivity index (χ1v) is 6.33. The minimum atomic E-state index is -0.404. The first kappa shape index (κ1) is 14.2. The average Bonchev–Trinajstić information content (AvgIpc) is 2.44. The smallest absolute Gasteiger partial charge is 0.278 e. The van der Waals surface area contributed by atoms with E-state index in [9.17, 15) is 15.2 Å². The third kappa shape index (κ3) is 2.42. The molecule has 1 unspecified atom stereocenters. The number of rotatable bonds is 4. The van der Waals surface area contributed by atoms with Crippen LogP contribution in [0.25, 0.3) is 10.8 Å². The van der Waals surface area contributed by atoms with Gasteiger partial charge in [-0.1, -0.05) is 0 Å². The number of pyridine rings is 1. The van der Waals surface area contributed by atoms with Gasteiger partial charge in [-0.15, -0.1) is 0 Å². The van der Waals surface area contributed by atoms with Crippen LogP contribution in [0.4, 0.5) is 11.4 Å². The Kier molecular flexibility index (Phi) is 3.85. The number of aryl methyl sites for hydroxylation is 1. The Hall–Kier alpha value is -2.21. The number of hydrogen-bond donors (Lipinski definition) is 1. The Bertz CT molecular complexity index is 657. The molecule has 6 heteroatoms. The highest BCUT2D eigenvalue weighted by molar-refractivity contribution is 5.99. The fourth-order valence-corrected chi connectivity index (χ4v) is 2.14. The number of aliphatic hydroxyl groups excluding tert-OH is 1. The van der Waals surface area contributed by atoms with Crippen LogP contribution >= 0.6 is 0 Å². The van der Waals surface area contributed by atoms with Crippen molar-refractivity contribution in [2.45, 2.75) is 19.9 Å². The Morgan fingerprint density at radius 1 is 1.45 bits per heavy atom. The molecule has 20 heavy (non-hydrogen) atoms. The molecule has 0 amide bonds. The Balaban J connectivity index is 2.71. The fourth-order valence-electron chi connectivity index (χ4n) is 2.14. The molecule has 6 nitrogen and oxygen atoms in total. The quantitative estimate of drug-likeness (QED) is 0.684. The monoisotopic (exact) mass is 275 g/mol. The molecule has 106 valence electrons. The number of nitro groups is 1. The van der Waals surface area contributed by atoms with Gasteiger partial charge in [0, 0.05) is 42.1 Å². The van der Waals surface area contributed by atoms with Crippen molar-refractivity contribution in [1.29, 1.82) is 0 Å². The lowest BCUT2D eigenvalue weighted by atomic mass is 10.1. The normalized spacial score (nSPS) is 12.4. The zero-order chi connectivity index (χ0) is 14.9. The third-order valence-corrected chi connectivity index (χ3v) is 3.49. The molecule has 0 bridgehead atoms. The van der Waals surface area contributed by atoms with Crippen molar-refractivity contribution in [2.75, 3.05) is 18.6 Å². The Labute approximate surface area is 116 Å². The van der Waals surface area contributed by atoms with Crippen LogP contribution in [0.1, 0.15) is 12.6 Å². The fraction of sp³-hybridized carbons (Fsp3) is 0.357. The molecule has 1 aromatic heterocycles.